The number of aliphatic hydroxyl groups is 1. The van der Waals surface area contributed by atoms with Gasteiger partial charge in [-0.15, -0.1) is 0 Å². The van der Waals surface area contributed by atoms with Gasteiger partial charge in [0.2, 0.25) is 0 Å². The summed E-state index contributed by atoms with van der Waals surface area (Å²) < 4.78 is 4.91. The molecule has 1 fully saturated rings. The fourth-order valence-corrected chi connectivity index (χ4v) is 1.83. The predicted molar refractivity (Wildman–Crippen MR) is 73.6 cm³/mol. The third kappa shape index (κ3) is 3.25. The number of nitrogens with zero attached hydrogens (tertiary/aromatic N) is 2. The van der Waals surface area contributed by atoms with E-state index in [1.165, 1.54) is 11.1 Å². The van der Waals surface area contributed by atoms with Crippen molar-refractivity contribution in [1.82, 2.24) is 9.88 Å². The molecule has 20 heavy (non-hydrogen) atoms. The summed E-state index contributed by atoms with van der Waals surface area (Å²) in [7, 11) is 0. The van der Waals surface area contributed by atoms with Gasteiger partial charge in [-0.1, -0.05) is 11.6 Å². The van der Waals surface area contributed by atoms with E-state index in [9.17, 15) is 4.79 Å². The number of nitrogens with one attached hydrogen (secondary N) is 2. The van der Waals surface area contributed by atoms with Crippen LogP contribution in [0.25, 0.3) is 0 Å². The maximum Gasteiger partial charge on any atom is 0.414 e. The zero-order valence-corrected chi connectivity index (χ0v) is 11.2. The Morgan fingerprint density at radius 2 is 2.55 bits per heavy atom. The Morgan fingerprint density at radius 1 is 1.75 bits per heavy atom. The average Bonchev–Trinajstić information content (AvgIpc) is 2.81. The second-order valence-electron chi connectivity index (χ2n) is 4.03. The van der Waals surface area contributed by atoms with Crippen LogP contribution in [-0.4, -0.2) is 45.5 Å². The van der Waals surface area contributed by atoms with Crippen LogP contribution < -0.4 is 5.32 Å². The third-order valence-electron chi connectivity index (χ3n) is 2.63. The maximum atomic E-state index is 11.7. The first-order valence-corrected chi connectivity index (χ1v) is 6.19. The van der Waals surface area contributed by atoms with Crippen LogP contribution in [0.1, 0.15) is 0 Å². The highest BCUT2D eigenvalue weighted by Gasteiger charge is 2.34. The molecule has 1 aliphatic heterocycles. The number of ether oxygens (including phenoxy) is 1. The number of aliphatic hydroxyl groups excluding tert-OH is 1. The van der Waals surface area contributed by atoms with Gasteiger partial charge >= 0.3 is 6.09 Å². The first kappa shape index (κ1) is 14.3. The van der Waals surface area contributed by atoms with Crippen molar-refractivity contribution in [2.24, 2.45) is 0 Å². The number of aromatic nitrogens is 1. The molecule has 106 valence electrons. The van der Waals surface area contributed by atoms with E-state index < -0.39 is 12.2 Å². The van der Waals surface area contributed by atoms with Gasteiger partial charge < -0.3 is 15.2 Å². The van der Waals surface area contributed by atoms with Gasteiger partial charge in [-0.05, 0) is 12.1 Å². The third-order valence-corrected chi connectivity index (χ3v) is 2.82. The molecule has 1 atom stereocenters. The van der Waals surface area contributed by atoms with Gasteiger partial charge in [0, 0.05) is 12.4 Å². The molecule has 0 aliphatic carbocycles. The molecular weight excluding hydrogens is 284 g/mol. The topological polar surface area (TPSA) is 98.5 Å². The number of rotatable bonds is 5. The zero-order valence-electron chi connectivity index (χ0n) is 10.4. The summed E-state index contributed by atoms with van der Waals surface area (Å²) in [5, 5.41) is 19.1. The Balaban J connectivity index is 2.15. The predicted octanol–water partition coefficient (Wildman–Crippen LogP) is 1.36. The monoisotopic (exact) mass is 296 g/mol. The van der Waals surface area contributed by atoms with Crippen LogP contribution in [0, 0.1) is 5.41 Å². The van der Waals surface area contributed by atoms with E-state index in [1.54, 1.807) is 24.5 Å². The molecule has 1 unspecified atom stereocenters. The molecule has 1 amide bonds. The minimum atomic E-state index is -0.645. The van der Waals surface area contributed by atoms with Gasteiger partial charge in [-0.3, -0.25) is 15.3 Å². The van der Waals surface area contributed by atoms with E-state index in [-0.39, 0.29) is 24.0 Å². The average molecular weight is 297 g/mol. The molecule has 0 radical (unpaired) electrons. The summed E-state index contributed by atoms with van der Waals surface area (Å²) in [5.74, 6) is 0. The first-order chi connectivity index (χ1) is 9.61. The van der Waals surface area contributed by atoms with Crippen molar-refractivity contribution in [3.05, 3.63) is 36.4 Å². The zero-order chi connectivity index (χ0) is 14.5. The van der Waals surface area contributed by atoms with Crippen LogP contribution >= 0.6 is 11.6 Å². The number of cyclic esters (lactones) is 1. The summed E-state index contributed by atoms with van der Waals surface area (Å²) in [6, 6.07) is 3.52. The highest BCUT2D eigenvalue weighted by atomic mass is 35.5. The quantitative estimate of drug-likeness (QED) is 0.713. The van der Waals surface area contributed by atoms with Gasteiger partial charge in [0.05, 0.1) is 30.7 Å². The summed E-state index contributed by atoms with van der Waals surface area (Å²) in [6.45, 7) is -0.133. The molecule has 1 aromatic rings. The van der Waals surface area contributed by atoms with E-state index in [0.29, 0.717) is 5.69 Å². The number of allylic oxidation sites excluding steroid dienone is 1. The highest BCUT2D eigenvalue weighted by Crippen LogP contribution is 2.19. The van der Waals surface area contributed by atoms with Crippen molar-refractivity contribution in [1.29, 1.82) is 5.41 Å². The van der Waals surface area contributed by atoms with E-state index in [0.717, 1.165) is 0 Å². The molecule has 1 aliphatic rings. The van der Waals surface area contributed by atoms with Crippen LogP contribution in [0.2, 0.25) is 0 Å². The van der Waals surface area contributed by atoms with Crippen molar-refractivity contribution in [3.63, 3.8) is 0 Å². The number of hydrogen-bond donors (Lipinski definition) is 3. The lowest BCUT2D eigenvalue weighted by Crippen LogP contribution is -2.28. The van der Waals surface area contributed by atoms with Gasteiger partial charge in [-0.2, -0.15) is 0 Å². The van der Waals surface area contributed by atoms with Crippen molar-refractivity contribution < 1.29 is 14.6 Å². The molecule has 2 heterocycles. The normalized spacial score (nSPS) is 18.9. The number of amides is 1. The molecule has 0 bridgehead atoms. The second-order valence-corrected chi connectivity index (χ2v) is 4.41. The second kappa shape index (κ2) is 6.36. The van der Waals surface area contributed by atoms with Crippen LogP contribution in [0.3, 0.4) is 0 Å². The largest absolute Gasteiger partial charge is 0.441 e. The summed E-state index contributed by atoms with van der Waals surface area (Å²) >= 11 is 5.69. The van der Waals surface area contributed by atoms with Crippen LogP contribution in [0.4, 0.5) is 10.5 Å². The fourth-order valence-electron chi connectivity index (χ4n) is 1.67. The number of anilines is 1. The van der Waals surface area contributed by atoms with Crippen LogP contribution in [0.15, 0.2) is 36.4 Å². The molecule has 2 rings (SSSR count). The molecular formula is C12H13ClN4O3. The number of halogens is 1. The van der Waals surface area contributed by atoms with Crippen LogP contribution in [0.5, 0.6) is 0 Å². The van der Waals surface area contributed by atoms with Gasteiger partial charge in [0.25, 0.3) is 0 Å². The van der Waals surface area contributed by atoms with E-state index >= 15 is 0 Å². The fraction of sp³-hybridized carbons (Fsp3) is 0.250. The molecule has 0 aromatic carbocycles. The lowest BCUT2D eigenvalue weighted by atomic mass is 10.3. The van der Waals surface area contributed by atoms with Gasteiger partial charge in [-0.25, -0.2) is 4.79 Å². The van der Waals surface area contributed by atoms with Crippen molar-refractivity contribution in [2.45, 2.75) is 6.10 Å². The molecule has 1 saturated heterocycles. The Morgan fingerprint density at radius 3 is 3.10 bits per heavy atom. The summed E-state index contributed by atoms with van der Waals surface area (Å²) in [6.07, 6.45) is 3.38. The van der Waals surface area contributed by atoms with Gasteiger partial charge in [0.15, 0.2) is 0 Å². The minimum Gasteiger partial charge on any atom is -0.441 e. The molecule has 3 N–H and O–H groups in total. The van der Waals surface area contributed by atoms with Crippen molar-refractivity contribution in [3.8, 4) is 0 Å². The Hall–Kier alpha value is -2.12. The maximum absolute atomic E-state index is 11.7. The molecule has 0 saturated carbocycles. The Kier molecular flexibility index (Phi) is 4.54. The van der Waals surface area contributed by atoms with E-state index in [2.05, 4.69) is 10.3 Å². The molecule has 1 aromatic heterocycles. The highest BCUT2D eigenvalue weighted by molar-refractivity contribution is 6.68. The number of hydrogen-bond acceptors (Lipinski definition) is 6. The number of carbonyl (C=O) groups is 1. The summed E-state index contributed by atoms with van der Waals surface area (Å²) in [5.41, 5.74) is 0.852. The SMILES string of the molecule is N=C(Cl)/C(=C\Nc1cccnc1)N1CC(CO)OC1=O. The minimum absolute atomic E-state index is 0.144. The van der Waals surface area contributed by atoms with Crippen molar-refractivity contribution in [2.75, 3.05) is 18.5 Å². The first-order valence-electron chi connectivity index (χ1n) is 5.82. The van der Waals surface area contributed by atoms with Gasteiger partial charge in [0.1, 0.15) is 11.3 Å². The van der Waals surface area contributed by atoms with Crippen molar-refractivity contribution >= 4 is 28.6 Å². The smallest absolute Gasteiger partial charge is 0.414 e. The molecule has 0 spiro atoms. The number of carbonyl (C=O) groups excluding carboxylic acids is 1. The molecule has 7 nitrogen and oxygen atoms in total. The number of pyridine rings is 1. The Bertz CT molecular complexity index is 535. The standard InChI is InChI=1S/C12H13ClN4O3/c13-11(14)10(5-16-8-2-1-3-15-4-8)17-6-9(7-18)20-12(17)19/h1-5,9,14,16,18H,6-7H2/b10-5+,14-11?. The molecule has 8 heteroatoms. The van der Waals surface area contributed by atoms with E-state index in [1.807, 2.05) is 0 Å². The van der Waals surface area contributed by atoms with Crippen LogP contribution in [-0.2, 0) is 4.74 Å². The summed E-state index contributed by atoms with van der Waals surface area (Å²) in [4.78, 5) is 16.8. The Labute approximate surface area is 120 Å². The lowest BCUT2D eigenvalue weighted by Gasteiger charge is -2.15. The van der Waals surface area contributed by atoms with E-state index in [4.69, 9.17) is 26.9 Å². The lowest BCUT2D eigenvalue weighted by molar-refractivity contribution is 0.0952.